The van der Waals surface area contributed by atoms with Gasteiger partial charge < -0.3 is 10.2 Å². The Labute approximate surface area is 143 Å². The van der Waals surface area contributed by atoms with Gasteiger partial charge in [-0.3, -0.25) is 4.68 Å². The normalized spacial score (nSPS) is 16.0. The van der Waals surface area contributed by atoms with Crippen molar-refractivity contribution in [2.75, 3.05) is 18.4 Å². The maximum Gasteiger partial charge on any atom is 0.418 e. The Morgan fingerprint density at radius 2 is 1.92 bits per heavy atom. The molecule has 5 nitrogen and oxygen atoms in total. The van der Waals surface area contributed by atoms with Crippen LogP contribution in [-0.2, 0) is 12.7 Å². The molecule has 1 fully saturated rings. The van der Waals surface area contributed by atoms with Gasteiger partial charge in [-0.05, 0) is 37.0 Å². The topological polar surface area (TPSA) is 50.2 Å². The second kappa shape index (κ2) is 7.16. The number of rotatable bonds is 3. The number of carbonyl (C=O) groups is 1. The first-order chi connectivity index (χ1) is 11.9. The number of para-hydroxylation sites is 1. The number of anilines is 1. The van der Waals surface area contributed by atoms with E-state index >= 15 is 0 Å². The minimum atomic E-state index is -4.50. The van der Waals surface area contributed by atoms with Gasteiger partial charge in [0.05, 0.1) is 11.3 Å². The lowest BCUT2D eigenvalue weighted by molar-refractivity contribution is -0.136. The van der Waals surface area contributed by atoms with Crippen LogP contribution in [0.2, 0.25) is 0 Å². The first-order valence-corrected chi connectivity index (χ1v) is 8.13. The summed E-state index contributed by atoms with van der Waals surface area (Å²) >= 11 is 0. The number of aromatic nitrogens is 2. The molecule has 1 saturated heterocycles. The molecule has 0 radical (unpaired) electrons. The fourth-order valence-electron chi connectivity index (χ4n) is 3.03. The maximum absolute atomic E-state index is 13.0. The fraction of sp³-hybridized carbons (Fsp3) is 0.412. The third-order valence-corrected chi connectivity index (χ3v) is 4.38. The Morgan fingerprint density at radius 3 is 2.56 bits per heavy atom. The molecule has 3 rings (SSSR count). The summed E-state index contributed by atoms with van der Waals surface area (Å²) in [7, 11) is 0. The molecule has 1 N–H and O–H groups in total. The van der Waals surface area contributed by atoms with Gasteiger partial charge in [0.15, 0.2) is 0 Å². The quantitative estimate of drug-likeness (QED) is 0.912. The number of urea groups is 1. The summed E-state index contributed by atoms with van der Waals surface area (Å²) in [4.78, 5) is 13.9. The third kappa shape index (κ3) is 4.32. The molecular formula is C17H19F3N4O. The van der Waals surface area contributed by atoms with Gasteiger partial charge in [0.25, 0.3) is 0 Å². The van der Waals surface area contributed by atoms with Gasteiger partial charge in [0.2, 0.25) is 0 Å². The predicted molar refractivity (Wildman–Crippen MR) is 87.0 cm³/mol. The summed E-state index contributed by atoms with van der Waals surface area (Å²) in [6.07, 6.45) is 0.719. The van der Waals surface area contributed by atoms with Crippen LogP contribution in [0, 0.1) is 5.92 Å². The molecule has 0 spiro atoms. The lowest BCUT2D eigenvalue weighted by Crippen LogP contribution is -2.42. The zero-order valence-electron chi connectivity index (χ0n) is 13.5. The highest BCUT2D eigenvalue weighted by atomic mass is 19.4. The number of piperidine rings is 1. The summed E-state index contributed by atoms with van der Waals surface area (Å²) < 4.78 is 40.9. The molecule has 2 aromatic rings. The molecule has 2 amide bonds. The largest absolute Gasteiger partial charge is 0.418 e. The van der Waals surface area contributed by atoms with E-state index in [1.165, 1.54) is 18.2 Å². The van der Waals surface area contributed by atoms with Crippen LogP contribution in [0.25, 0.3) is 0 Å². The zero-order chi connectivity index (χ0) is 17.9. The van der Waals surface area contributed by atoms with E-state index in [-0.39, 0.29) is 5.69 Å². The molecule has 25 heavy (non-hydrogen) atoms. The lowest BCUT2D eigenvalue weighted by atomic mass is 9.97. The lowest BCUT2D eigenvalue weighted by Gasteiger charge is -2.32. The van der Waals surface area contributed by atoms with Crippen molar-refractivity contribution in [3.8, 4) is 0 Å². The van der Waals surface area contributed by atoms with E-state index in [1.54, 1.807) is 11.1 Å². The van der Waals surface area contributed by atoms with Crippen LogP contribution in [0.1, 0.15) is 18.4 Å². The summed E-state index contributed by atoms with van der Waals surface area (Å²) in [5.74, 6) is 0.409. The number of carbonyl (C=O) groups excluding carboxylic acids is 1. The molecule has 1 aliphatic heterocycles. The van der Waals surface area contributed by atoms with Crippen molar-refractivity contribution in [3.63, 3.8) is 0 Å². The van der Waals surface area contributed by atoms with Gasteiger partial charge in [-0.25, -0.2) is 4.79 Å². The third-order valence-electron chi connectivity index (χ3n) is 4.38. The standard InChI is InChI=1S/C17H19F3N4O/c18-17(19,20)14-4-1-2-5-15(14)22-16(25)23-10-6-13(7-11-23)12-24-9-3-8-21-24/h1-5,8-9,13H,6-7,10-12H2,(H,22,25). The first kappa shape index (κ1) is 17.3. The smallest absolute Gasteiger partial charge is 0.325 e. The van der Waals surface area contributed by atoms with E-state index in [2.05, 4.69) is 10.4 Å². The number of hydrogen-bond acceptors (Lipinski definition) is 2. The summed E-state index contributed by atoms with van der Waals surface area (Å²) in [5.41, 5.74) is -1.05. The second-order valence-corrected chi connectivity index (χ2v) is 6.13. The number of amides is 2. The number of benzene rings is 1. The second-order valence-electron chi connectivity index (χ2n) is 6.13. The Morgan fingerprint density at radius 1 is 1.20 bits per heavy atom. The minimum absolute atomic E-state index is 0.210. The highest BCUT2D eigenvalue weighted by Crippen LogP contribution is 2.34. The number of hydrogen-bond donors (Lipinski definition) is 1. The van der Waals surface area contributed by atoms with Crippen LogP contribution in [0.15, 0.2) is 42.7 Å². The molecule has 1 aromatic carbocycles. The molecule has 0 bridgehead atoms. The van der Waals surface area contributed by atoms with Gasteiger partial charge in [-0.2, -0.15) is 18.3 Å². The maximum atomic E-state index is 13.0. The van der Waals surface area contributed by atoms with Crippen molar-refractivity contribution in [2.45, 2.75) is 25.6 Å². The predicted octanol–water partition coefficient (Wildman–Crippen LogP) is 3.85. The summed E-state index contributed by atoms with van der Waals surface area (Å²) in [6.45, 7) is 1.83. The number of likely N-dealkylation sites (tertiary alicyclic amines) is 1. The Kier molecular flexibility index (Phi) is 4.96. The van der Waals surface area contributed by atoms with Crippen LogP contribution in [-0.4, -0.2) is 33.8 Å². The summed E-state index contributed by atoms with van der Waals surface area (Å²) in [6, 6.07) is 6.38. The number of nitrogens with one attached hydrogen (secondary N) is 1. The monoisotopic (exact) mass is 352 g/mol. The van der Waals surface area contributed by atoms with E-state index in [9.17, 15) is 18.0 Å². The molecular weight excluding hydrogens is 333 g/mol. The Balaban J connectivity index is 1.57. The molecule has 8 heteroatoms. The van der Waals surface area contributed by atoms with Crippen molar-refractivity contribution in [2.24, 2.45) is 5.92 Å². The van der Waals surface area contributed by atoms with Crippen LogP contribution in [0.4, 0.5) is 23.7 Å². The van der Waals surface area contributed by atoms with Gasteiger partial charge in [-0.15, -0.1) is 0 Å². The van der Waals surface area contributed by atoms with Crippen molar-refractivity contribution < 1.29 is 18.0 Å². The summed E-state index contributed by atoms with van der Waals surface area (Å²) in [5, 5.41) is 6.57. The fourth-order valence-corrected chi connectivity index (χ4v) is 3.03. The van der Waals surface area contributed by atoms with Crippen LogP contribution < -0.4 is 5.32 Å². The molecule has 0 aliphatic carbocycles. The van der Waals surface area contributed by atoms with Crippen LogP contribution in [0.5, 0.6) is 0 Å². The Hall–Kier alpha value is -2.51. The molecule has 2 heterocycles. The van der Waals surface area contributed by atoms with E-state index < -0.39 is 17.8 Å². The van der Waals surface area contributed by atoms with E-state index in [4.69, 9.17) is 0 Å². The minimum Gasteiger partial charge on any atom is -0.325 e. The highest BCUT2D eigenvalue weighted by molar-refractivity contribution is 5.90. The van der Waals surface area contributed by atoms with Gasteiger partial charge in [-0.1, -0.05) is 12.1 Å². The molecule has 0 saturated carbocycles. The average Bonchev–Trinajstić information content (AvgIpc) is 3.08. The Bertz CT molecular complexity index is 707. The SMILES string of the molecule is O=C(Nc1ccccc1C(F)(F)F)N1CCC(Cn2cccn2)CC1. The van der Waals surface area contributed by atoms with Crippen LogP contribution in [0.3, 0.4) is 0 Å². The van der Waals surface area contributed by atoms with Crippen LogP contribution >= 0.6 is 0 Å². The molecule has 0 unspecified atom stereocenters. The van der Waals surface area contributed by atoms with Crippen molar-refractivity contribution in [1.82, 2.24) is 14.7 Å². The van der Waals surface area contributed by atoms with Gasteiger partial charge in [0, 0.05) is 32.0 Å². The van der Waals surface area contributed by atoms with E-state index in [0.29, 0.717) is 19.0 Å². The first-order valence-electron chi connectivity index (χ1n) is 8.13. The number of nitrogens with zero attached hydrogens (tertiary/aromatic N) is 3. The van der Waals surface area contributed by atoms with Gasteiger partial charge >= 0.3 is 12.2 Å². The van der Waals surface area contributed by atoms with E-state index in [0.717, 1.165) is 25.5 Å². The van der Waals surface area contributed by atoms with Crippen molar-refractivity contribution >= 4 is 11.7 Å². The zero-order valence-corrected chi connectivity index (χ0v) is 13.5. The molecule has 1 aromatic heterocycles. The van der Waals surface area contributed by atoms with Crippen molar-refractivity contribution in [1.29, 1.82) is 0 Å². The average molecular weight is 352 g/mol. The van der Waals surface area contributed by atoms with Gasteiger partial charge in [0.1, 0.15) is 0 Å². The molecule has 1 aliphatic rings. The molecule has 0 atom stereocenters. The highest BCUT2D eigenvalue weighted by Gasteiger charge is 2.34. The number of alkyl halides is 3. The van der Waals surface area contributed by atoms with Crippen molar-refractivity contribution in [3.05, 3.63) is 48.3 Å². The van der Waals surface area contributed by atoms with E-state index in [1.807, 2.05) is 16.9 Å². The molecule has 134 valence electrons. The number of halogens is 3.